The molecule has 1 heterocycles. The van der Waals surface area contributed by atoms with Crippen LogP contribution in [0.3, 0.4) is 0 Å². The molecule has 0 radical (unpaired) electrons. The Kier molecular flexibility index (Phi) is 3.92. The Labute approximate surface area is 108 Å². The fourth-order valence-electron chi connectivity index (χ4n) is 2.46. The molecule has 1 aliphatic rings. The average Bonchev–Trinajstić information content (AvgIpc) is 2.65. The Bertz CT molecular complexity index is 451. The van der Waals surface area contributed by atoms with Crippen molar-refractivity contribution in [3.05, 3.63) is 35.4 Å². The van der Waals surface area contributed by atoms with E-state index in [1.54, 1.807) is 6.07 Å². The lowest BCUT2D eigenvalue weighted by Gasteiger charge is -2.11. The van der Waals surface area contributed by atoms with E-state index in [0.717, 1.165) is 29.7 Å². The SMILES string of the molecule is CC=CCCc1cc(O)c2c(c1)O[C@@H](C)[C@@H]2CO. The first-order chi connectivity index (χ1) is 8.67. The topological polar surface area (TPSA) is 49.7 Å². The van der Waals surface area contributed by atoms with Crippen LogP contribution in [0, 0.1) is 0 Å². The van der Waals surface area contributed by atoms with Crippen LogP contribution in [-0.2, 0) is 6.42 Å². The molecule has 0 aliphatic carbocycles. The number of allylic oxidation sites excluding steroid dienone is 2. The maximum Gasteiger partial charge on any atom is 0.127 e. The van der Waals surface area contributed by atoms with Crippen molar-refractivity contribution in [3.8, 4) is 11.5 Å². The molecule has 98 valence electrons. The lowest BCUT2D eigenvalue weighted by Crippen LogP contribution is -2.17. The van der Waals surface area contributed by atoms with Crippen LogP contribution in [0.2, 0.25) is 0 Å². The standard InChI is InChI=1S/C15H20O3/c1-3-4-5-6-11-7-13(17)15-12(9-16)10(2)18-14(15)8-11/h3-4,7-8,10,12,16-17H,5-6,9H2,1-2H3/t10-,12-/m0/s1. The number of aromatic hydroxyl groups is 1. The van der Waals surface area contributed by atoms with Gasteiger partial charge in [0, 0.05) is 5.56 Å². The summed E-state index contributed by atoms with van der Waals surface area (Å²) in [4.78, 5) is 0. The van der Waals surface area contributed by atoms with Gasteiger partial charge in [0.05, 0.1) is 12.5 Å². The molecule has 0 bridgehead atoms. The van der Waals surface area contributed by atoms with E-state index >= 15 is 0 Å². The summed E-state index contributed by atoms with van der Waals surface area (Å²) in [5, 5.41) is 19.4. The molecule has 0 fully saturated rings. The zero-order chi connectivity index (χ0) is 13.1. The minimum Gasteiger partial charge on any atom is -0.508 e. The van der Waals surface area contributed by atoms with Crippen molar-refractivity contribution in [2.24, 2.45) is 0 Å². The van der Waals surface area contributed by atoms with Gasteiger partial charge in [0.15, 0.2) is 0 Å². The third kappa shape index (κ3) is 2.36. The quantitative estimate of drug-likeness (QED) is 0.805. The molecule has 18 heavy (non-hydrogen) atoms. The Balaban J connectivity index is 2.25. The zero-order valence-corrected chi connectivity index (χ0v) is 10.9. The Morgan fingerprint density at radius 2 is 2.17 bits per heavy atom. The van der Waals surface area contributed by atoms with Crippen molar-refractivity contribution in [1.29, 1.82) is 0 Å². The van der Waals surface area contributed by atoms with Gasteiger partial charge in [-0.15, -0.1) is 0 Å². The second-order valence-electron chi connectivity index (χ2n) is 4.75. The largest absolute Gasteiger partial charge is 0.508 e. The Morgan fingerprint density at radius 1 is 1.39 bits per heavy atom. The number of benzene rings is 1. The highest BCUT2D eigenvalue weighted by Gasteiger charge is 2.33. The number of hydrogen-bond acceptors (Lipinski definition) is 3. The zero-order valence-electron chi connectivity index (χ0n) is 10.9. The van der Waals surface area contributed by atoms with Crippen molar-refractivity contribution in [1.82, 2.24) is 0 Å². The molecule has 0 spiro atoms. The second kappa shape index (κ2) is 5.44. The molecule has 3 nitrogen and oxygen atoms in total. The third-order valence-corrected chi connectivity index (χ3v) is 3.46. The molecule has 2 N–H and O–H groups in total. The van der Waals surface area contributed by atoms with Gasteiger partial charge in [-0.1, -0.05) is 12.2 Å². The minimum atomic E-state index is -0.121. The number of aliphatic hydroxyl groups excluding tert-OH is 1. The first-order valence-electron chi connectivity index (χ1n) is 6.41. The van der Waals surface area contributed by atoms with Crippen LogP contribution in [-0.4, -0.2) is 22.9 Å². The second-order valence-corrected chi connectivity index (χ2v) is 4.75. The predicted molar refractivity (Wildman–Crippen MR) is 71.2 cm³/mol. The summed E-state index contributed by atoms with van der Waals surface area (Å²) in [6, 6.07) is 3.76. The summed E-state index contributed by atoms with van der Waals surface area (Å²) in [6.45, 7) is 3.91. The van der Waals surface area contributed by atoms with Crippen molar-refractivity contribution >= 4 is 0 Å². The smallest absolute Gasteiger partial charge is 0.127 e. The molecule has 3 heteroatoms. The predicted octanol–water partition coefficient (Wildman–Crippen LogP) is 2.76. The lowest BCUT2D eigenvalue weighted by atomic mass is 9.94. The van der Waals surface area contributed by atoms with E-state index in [1.165, 1.54) is 0 Å². The number of ether oxygens (including phenoxy) is 1. The summed E-state index contributed by atoms with van der Waals surface area (Å²) in [6.07, 6.45) is 5.87. The third-order valence-electron chi connectivity index (χ3n) is 3.46. The van der Waals surface area contributed by atoms with Gasteiger partial charge in [-0.2, -0.15) is 0 Å². The van der Waals surface area contributed by atoms with E-state index in [4.69, 9.17) is 4.74 Å². The van der Waals surface area contributed by atoms with E-state index in [0.29, 0.717) is 0 Å². The van der Waals surface area contributed by atoms with Gasteiger partial charge in [-0.3, -0.25) is 0 Å². The Morgan fingerprint density at radius 3 is 2.83 bits per heavy atom. The van der Waals surface area contributed by atoms with Crippen molar-refractivity contribution in [3.63, 3.8) is 0 Å². The molecular formula is C15H20O3. The number of rotatable bonds is 4. The molecule has 0 saturated heterocycles. The van der Waals surface area contributed by atoms with Gasteiger partial charge in [-0.25, -0.2) is 0 Å². The van der Waals surface area contributed by atoms with Gasteiger partial charge in [0.25, 0.3) is 0 Å². The molecule has 0 saturated carbocycles. The van der Waals surface area contributed by atoms with Crippen molar-refractivity contribution in [2.75, 3.05) is 6.61 Å². The van der Waals surface area contributed by atoms with Gasteiger partial charge in [0.2, 0.25) is 0 Å². The van der Waals surface area contributed by atoms with Crippen LogP contribution in [0.5, 0.6) is 11.5 Å². The number of aliphatic hydroxyl groups is 1. The number of aryl methyl sites for hydroxylation is 1. The fraction of sp³-hybridized carbons (Fsp3) is 0.467. The van der Waals surface area contributed by atoms with E-state index in [9.17, 15) is 10.2 Å². The molecule has 1 aromatic rings. The summed E-state index contributed by atoms with van der Waals surface area (Å²) in [7, 11) is 0. The first-order valence-corrected chi connectivity index (χ1v) is 6.41. The molecule has 0 amide bonds. The summed E-state index contributed by atoms with van der Waals surface area (Å²) in [5.41, 5.74) is 1.81. The molecule has 2 rings (SSSR count). The normalized spacial score (nSPS) is 22.2. The fourth-order valence-corrected chi connectivity index (χ4v) is 2.46. The van der Waals surface area contributed by atoms with Crippen LogP contribution in [0.4, 0.5) is 0 Å². The molecule has 0 aromatic heterocycles. The minimum absolute atomic E-state index is 0.000351. The van der Waals surface area contributed by atoms with Gasteiger partial charge < -0.3 is 14.9 Å². The molecule has 1 aromatic carbocycles. The van der Waals surface area contributed by atoms with Crippen LogP contribution in [0.15, 0.2) is 24.3 Å². The van der Waals surface area contributed by atoms with Crippen LogP contribution >= 0.6 is 0 Å². The first kappa shape index (κ1) is 13.0. The van der Waals surface area contributed by atoms with Crippen LogP contribution in [0.25, 0.3) is 0 Å². The van der Waals surface area contributed by atoms with Gasteiger partial charge >= 0.3 is 0 Å². The maximum atomic E-state index is 10.1. The van der Waals surface area contributed by atoms with E-state index in [1.807, 2.05) is 26.0 Å². The van der Waals surface area contributed by atoms with Crippen LogP contribution < -0.4 is 4.74 Å². The van der Waals surface area contributed by atoms with Gasteiger partial charge in [-0.05, 0) is 44.4 Å². The number of phenolic OH excluding ortho intramolecular Hbond substituents is 1. The maximum absolute atomic E-state index is 10.1. The van der Waals surface area contributed by atoms with E-state index in [-0.39, 0.29) is 24.4 Å². The highest BCUT2D eigenvalue weighted by Crippen LogP contribution is 2.44. The summed E-state index contributed by atoms with van der Waals surface area (Å²) < 4.78 is 5.70. The van der Waals surface area contributed by atoms with Crippen LogP contribution in [0.1, 0.15) is 37.3 Å². The molecule has 2 atom stereocenters. The van der Waals surface area contributed by atoms with Crippen molar-refractivity contribution in [2.45, 2.75) is 38.7 Å². The monoisotopic (exact) mass is 248 g/mol. The average molecular weight is 248 g/mol. The lowest BCUT2D eigenvalue weighted by molar-refractivity contribution is 0.172. The highest BCUT2D eigenvalue weighted by atomic mass is 16.5. The van der Waals surface area contributed by atoms with Crippen molar-refractivity contribution < 1.29 is 14.9 Å². The molecule has 0 unspecified atom stereocenters. The number of fused-ring (bicyclic) bond motifs is 1. The molecule has 1 aliphatic heterocycles. The number of hydrogen-bond donors (Lipinski definition) is 2. The summed E-state index contributed by atoms with van der Waals surface area (Å²) in [5.74, 6) is 0.841. The molecular weight excluding hydrogens is 228 g/mol. The van der Waals surface area contributed by atoms with E-state index < -0.39 is 0 Å². The van der Waals surface area contributed by atoms with E-state index in [2.05, 4.69) is 6.08 Å². The Hall–Kier alpha value is -1.48. The van der Waals surface area contributed by atoms with Gasteiger partial charge in [0.1, 0.15) is 17.6 Å². The summed E-state index contributed by atoms with van der Waals surface area (Å²) >= 11 is 0. The highest BCUT2D eigenvalue weighted by molar-refractivity contribution is 5.52. The number of phenols is 1.